The number of carbonyl (C=O) groups excluding carboxylic acids is 1. The van der Waals surface area contributed by atoms with Crippen LogP contribution in [0.25, 0.3) is 16.9 Å². The van der Waals surface area contributed by atoms with Gasteiger partial charge in [0.05, 0.1) is 24.5 Å². The van der Waals surface area contributed by atoms with Crippen molar-refractivity contribution < 1.29 is 13.9 Å². The summed E-state index contributed by atoms with van der Waals surface area (Å²) in [7, 11) is 0. The van der Waals surface area contributed by atoms with Crippen LogP contribution in [0, 0.1) is 12.7 Å². The molecule has 2 aromatic carbocycles. The normalized spacial score (nSPS) is 14.3. The lowest BCUT2D eigenvalue weighted by Crippen LogP contribution is -2.40. The summed E-state index contributed by atoms with van der Waals surface area (Å²) in [6, 6.07) is 15.6. The quantitative estimate of drug-likeness (QED) is 0.640. The van der Waals surface area contributed by atoms with Crippen molar-refractivity contribution in [3.05, 3.63) is 76.7 Å². The minimum absolute atomic E-state index is 0.0168. The number of nitrogens with zero attached hydrogens (tertiary/aromatic N) is 2. The van der Waals surface area contributed by atoms with Crippen LogP contribution in [0.5, 0.6) is 0 Å². The number of amides is 1. The lowest BCUT2D eigenvalue weighted by atomic mass is 10.1. The Kier molecular flexibility index (Phi) is 5.20. The maximum Gasteiger partial charge on any atom is 0.255 e. The first kappa shape index (κ1) is 18.7. The van der Waals surface area contributed by atoms with Gasteiger partial charge in [0.15, 0.2) is 0 Å². The van der Waals surface area contributed by atoms with Crippen molar-refractivity contribution in [3.8, 4) is 16.9 Å². The molecule has 1 aliphatic heterocycles. The van der Waals surface area contributed by atoms with Gasteiger partial charge in [-0.3, -0.25) is 4.79 Å². The first-order valence-corrected chi connectivity index (χ1v) is 9.53. The van der Waals surface area contributed by atoms with Gasteiger partial charge in [-0.25, -0.2) is 4.39 Å². The standard InChI is InChI=1S/C22H20ClFN2O2/c1-15-20(22(27)25-10-12-28-13-11-25)14-21(16-2-4-17(23)5-3-16)26(15)19-8-6-18(24)7-9-19/h2-9,14H,10-13H2,1H3. The zero-order chi connectivity index (χ0) is 19.7. The molecule has 28 heavy (non-hydrogen) atoms. The van der Waals surface area contributed by atoms with E-state index in [0.29, 0.717) is 36.9 Å². The summed E-state index contributed by atoms with van der Waals surface area (Å²) in [5.74, 6) is -0.317. The molecule has 144 valence electrons. The number of hydrogen-bond donors (Lipinski definition) is 0. The largest absolute Gasteiger partial charge is 0.378 e. The summed E-state index contributed by atoms with van der Waals surface area (Å²) in [6.07, 6.45) is 0. The first-order chi connectivity index (χ1) is 13.5. The van der Waals surface area contributed by atoms with Crippen LogP contribution in [0.2, 0.25) is 5.02 Å². The molecule has 0 atom stereocenters. The van der Waals surface area contributed by atoms with Gasteiger partial charge in [-0.15, -0.1) is 0 Å². The summed E-state index contributed by atoms with van der Waals surface area (Å²) in [6.45, 7) is 4.17. The Bertz CT molecular complexity index is 991. The molecular formula is C22H20ClFN2O2. The summed E-state index contributed by atoms with van der Waals surface area (Å²) >= 11 is 6.04. The Balaban J connectivity index is 1.84. The van der Waals surface area contributed by atoms with E-state index in [4.69, 9.17) is 16.3 Å². The highest BCUT2D eigenvalue weighted by molar-refractivity contribution is 6.30. The molecule has 0 aliphatic carbocycles. The molecule has 1 aliphatic rings. The van der Waals surface area contributed by atoms with Crippen molar-refractivity contribution >= 4 is 17.5 Å². The molecule has 6 heteroatoms. The van der Waals surface area contributed by atoms with Crippen LogP contribution in [-0.2, 0) is 4.74 Å². The summed E-state index contributed by atoms with van der Waals surface area (Å²) in [4.78, 5) is 14.9. The van der Waals surface area contributed by atoms with Crippen molar-refractivity contribution in [3.63, 3.8) is 0 Å². The fraction of sp³-hybridized carbons (Fsp3) is 0.227. The van der Waals surface area contributed by atoms with E-state index < -0.39 is 0 Å². The summed E-state index contributed by atoms with van der Waals surface area (Å²) < 4.78 is 20.8. The van der Waals surface area contributed by atoms with Gasteiger partial charge >= 0.3 is 0 Å². The van der Waals surface area contributed by atoms with Gasteiger partial charge in [-0.1, -0.05) is 23.7 Å². The van der Waals surface area contributed by atoms with Crippen LogP contribution in [-0.4, -0.2) is 41.7 Å². The Morgan fingerprint density at radius 2 is 1.68 bits per heavy atom. The molecule has 0 saturated carbocycles. The molecular weight excluding hydrogens is 379 g/mol. The van der Waals surface area contributed by atoms with E-state index in [-0.39, 0.29) is 11.7 Å². The number of benzene rings is 2. The van der Waals surface area contributed by atoms with E-state index in [1.807, 2.05) is 46.7 Å². The SMILES string of the molecule is Cc1c(C(=O)N2CCOCC2)cc(-c2ccc(Cl)cc2)n1-c1ccc(F)cc1. The fourth-order valence-electron chi connectivity index (χ4n) is 3.52. The van der Waals surface area contributed by atoms with E-state index in [1.165, 1.54) is 12.1 Å². The molecule has 3 aromatic rings. The lowest BCUT2D eigenvalue weighted by Gasteiger charge is -2.26. The zero-order valence-corrected chi connectivity index (χ0v) is 16.2. The van der Waals surface area contributed by atoms with Crippen molar-refractivity contribution in [2.45, 2.75) is 6.92 Å². The Hall–Kier alpha value is -2.63. The Labute approximate surface area is 168 Å². The van der Waals surface area contributed by atoms with Crippen LogP contribution in [0.15, 0.2) is 54.6 Å². The van der Waals surface area contributed by atoms with Gasteiger partial charge in [-0.2, -0.15) is 0 Å². The van der Waals surface area contributed by atoms with Crippen LogP contribution in [0.3, 0.4) is 0 Å². The zero-order valence-electron chi connectivity index (χ0n) is 15.5. The molecule has 2 heterocycles. The topological polar surface area (TPSA) is 34.5 Å². The summed E-state index contributed by atoms with van der Waals surface area (Å²) in [5, 5.41) is 0.643. The minimum Gasteiger partial charge on any atom is -0.378 e. The van der Waals surface area contributed by atoms with Gasteiger partial charge in [0.25, 0.3) is 5.91 Å². The molecule has 4 nitrogen and oxygen atoms in total. The van der Waals surface area contributed by atoms with Gasteiger partial charge in [0, 0.05) is 29.5 Å². The number of halogens is 2. The minimum atomic E-state index is -0.300. The van der Waals surface area contributed by atoms with Crippen LogP contribution < -0.4 is 0 Å². The number of ether oxygens (including phenoxy) is 1. The van der Waals surface area contributed by atoms with Crippen molar-refractivity contribution in [1.29, 1.82) is 0 Å². The van der Waals surface area contributed by atoms with E-state index >= 15 is 0 Å². The molecule has 0 bridgehead atoms. The Morgan fingerprint density at radius 1 is 1.04 bits per heavy atom. The second-order valence-electron chi connectivity index (χ2n) is 6.75. The van der Waals surface area contributed by atoms with E-state index in [2.05, 4.69) is 0 Å². The maximum absolute atomic E-state index is 13.5. The molecule has 0 unspecified atom stereocenters. The predicted molar refractivity (Wildman–Crippen MR) is 108 cm³/mol. The highest BCUT2D eigenvalue weighted by Gasteiger charge is 2.25. The lowest BCUT2D eigenvalue weighted by molar-refractivity contribution is 0.0302. The van der Waals surface area contributed by atoms with Crippen LogP contribution in [0.1, 0.15) is 16.1 Å². The average molecular weight is 399 g/mol. The van der Waals surface area contributed by atoms with E-state index in [0.717, 1.165) is 22.6 Å². The molecule has 1 amide bonds. The van der Waals surface area contributed by atoms with Crippen molar-refractivity contribution in [1.82, 2.24) is 9.47 Å². The number of carbonyl (C=O) groups is 1. The van der Waals surface area contributed by atoms with E-state index in [9.17, 15) is 9.18 Å². The van der Waals surface area contributed by atoms with Crippen molar-refractivity contribution in [2.24, 2.45) is 0 Å². The smallest absolute Gasteiger partial charge is 0.255 e. The Morgan fingerprint density at radius 3 is 2.32 bits per heavy atom. The third-order valence-electron chi connectivity index (χ3n) is 5.00. The molecule has 1 saturated heterocycles. The molecule has 0 radical (unpaired) electrons. The number of morpholine rings is 1. The summed E-state index contributed by atoms with van der Waals surface area (Å²) in [5.41, 5.74) is 4.03. The van der Waals surface area contributed by atoms with Gasteiger partial charge in [-0.05, 0) is 55.0 Å². The monoisotopic (exact) mass is 398 g/mol. The molecule has 4 rings (SSSR count). The maximum atomic E-state index is 13.5. The van der Waals surface area contributed by atoms with Crippen LogP contribution >= 0.6 is 11.6 Å². The molecule has 0 N–H and O–H groups in total. The molecule has 1 fully saturated rings. The van der Waals surface area contributed by atoms with Crippen LogP contribution in [0.4, 0.5) is 4.39 Å². The fourth-order valence-corrected chi connectivity index (χ4v) is 3.64. The van der Waals surface area contributed by atoms with E-state index in [1.54, 1.807) is 12.1 Å². The van der Waals surface area contributed by atoms with Gasteiger partial charge in [0.1, 0.15) is 5.82 Å². The number of hydrogen-bond acceptors (Lipinski definition) is 2. The highest BCUT2D eigenvalue weighted by Crippen LogP contribution is 2.31. The highest BCUT2D eigenvalue weighted by atomic mass is 35.5. The third-order valence-corrected chi connectivity index (χ3v) is 5.25. The molecule has 0 spiro atoms. The average Bonchev–Trinajstić information content (AvgIpc) is 3.06. The number of rotatable bonds is 3. The second-order valence-corrected chi connectivity index (χ2v) is 7.19. The number of aromatic nitrogens is 1. The predicted octanol–water partition coefficient (Wildman–Crippen LogP) is 4.72. The van der Waals surface area contributed by atoms with Gasteiger partial charge in [0.2, 0.25) is 0 Å². The third kappa shape index (κ3) is 3.55. The van der Waals surface area contributed by atoms with Crippen molar-refractivity contribution in [2.75, 3.05) is 26.3 Å². The van der Waals surface area contributed by atoms with Gasteiger partial charge < -0.3 is 14.2 Å². The molecule has 1 aromatic heterocycles. The second kappa shape index (κ2) is 7.78. The first-order valence-electron chi connectivity index (χ1n) is 9.16.